The molecule has 1 aliphatic heterocycles. The first-order valence-electron chi connectivity index (χ1n) is 7.39. The number of para-hydroxylation sites is 2. The van der Waals surface area contributed by atoms with Crippen molar-refractivity contribution in [1.82, 2.24) is 0 Å². The van der Waals surface area contributed by atoms with Crippen LogP contribution in [-0.4, -0.2) is 33.7 Å². The van der Waals surface area contributed by atoms with Crippen molar-refractivity contribution in [3.8, 4) is 0 Å². The zero-order valence-electron chi connectivity index (χ0n) is 12.8. The zero-order valence-corrected chi connectivity index (χ0v) is 13.7. The van der Waals surface area contributed by atoms with Gasteiger partial charge in [-0.05, 0) is 24.1 Å². The Balaban J connectivity index is 1.88. The number of benzene rings is 2. The summed E-state index contributed by atoms with van der Waals surface area (Å²) in [7, 11) is -1.90. The van der Waals surface area contributed by atoms with Crippen LogP contribution in [0.1, 0.15) is 5.56 Å². The first-order valence-corrected chi connectivity index (χ1v) is 9.00. The fourth-order valence-electron chi connectivity index (χ4n) is 2.66. The molecule has 120 valence electrons. The van der Waals surface area contributed by atoms with E-state index in [1.807, 2.05) is 30.3 Å². The molecule has 0 spiro atoms. The van der Waals surface area contributed by atoms with Crippen LogP contribution < -0.4 is 9.21 Å². The van der Waals surface area contributed by atoms with Gasteiger partial charge in [-0.3, -0.25) is 9.10 Å². The lowest BCUT2D eigenvalue weighted by Crippen LogP contribution is -2.47. The standard InChI is InChI=1S/C17H18N2O3S/c1-18-15-9-5-6-10-16(15)19(13-17(18)20)23(21,22)12-11-14-7-3-2-4-8-14/h2-10H,11-13H2,1H3. The second-order valence-corrected chi connectivity index (χ2v) is 7.51. The van der Waals surface area contributed by atoms with Gasteiger partial charge in [-0.1, -0.05) is 42.5 Å². The Bertz CT molecular complexity index is 819. The van der Waals surface area contributed by atoms with Crippen molar-refractivity contribution in [3.63, 3.8) is 0 Å². The predicted molar refractivity (Wildman–Crippen MR) is 91.1 cm³/mol. The highest BCUT2D eigenvalue weighted by Crippen LogP contribution is 2.34. The molecule has 5 nitrogen and oxygen atoms in total. The number of hydrogen-bond acceptors (Lipinski definition) is 3. The van der Waals surface area contributed by atoms with Gasteiger partial charge < -0.3 is 4.90 Å². The minimum atomic E-state index is -3.57. The third kappa shape index (κ3) is 3.07. The molecule has 2 aromatic rings. The first-order chi connectivity index (χ1) is 11.0. The van der Waals surface area contributed by atoms with E-state index in [2.05, 4.69) is 0 Å². The van der Waals surface area contributed by atoms with Crippen LogP contribution in [0.4, 0.5) is 11.4 Å². The number of hydrogen-bond donors (Lipinski definition) is 0. The topological polar surface area (TPSA) is 57.7 Å². The molecular formula is C17H18N2O3S. The van der Waals surface area contributed by atoms with Crippen molar-refractivity contribution in [2.24, 2.45) is 0 Å². The quantitative estimate of drug-likeness (QED) is 0.862. The van der Waals surface area contributed by atoms with Crippen molar-refractivity contribution in [3.05, 3.63) is 60.2 Å². The Kier molecular flexibility index (Phi) is 4.09. The van der Waals surface area contributed by atoms with E-state index < -0.39 is 10.0 Å². The largest absolute Gasteiger partial charge is 0.312 e. The van der Waals surface area contributed by atoms with Crippen LogP contribution in [0.3, 0.4) is 0 Å². The third-order valence-electron chi connectivity index (χ3n) is 3.99. The molecule has 0 radical (unpaired) electrons. The molecule has 1 heterocycles. The third-order valence-corrected chi connectivity index (χ3v) is 5.71. The lowest BCUT2D eigenvalue weighted by Gasteiger charge is -2.34. The highest BCUT2D eigenvalue weighted by atomic mass is 32.2. The van der Waals surface area contributed by atoms with E-state index in [4.69, 9.17) is 0 Å². The average Bonchev–Trinajstić information content (AvgIpc) is 2.57. The highest BCUT2D eigenvalue weighted by Gasteiger charge is 2.33. The van der Waals surface area contributed by atoms with Crippen molar-refractivity contribution in [2.45, 2.75) is 6.42 Å². The minimum Gasteiger partial charge on any atom is -0.312 e. The lowest BCUT2D eigenvalue weighted by molar-refractivity contribution is -0.117. The Labute approximate surface area is 136 Å². The number of anilines is 2. The molecular weight excluding hydrogens is 312 g/mol. The van der Waals surface area contributed by atoms with E-state index in [9.17, 15) is 13.2 Å². The van der Waals surface area contributed by atoms with Gasteiger partial charge in [0.2, 0.25) is 15.9 Å². The molecule has 0 aliphatic carbocycles. The average molecular weight is 330 g/mol. The lowest BCUT2D eigenvalue weighted by atomic mass is 10.2. The summed E-state index contributed by atoms with van der Waals surface area (Å²) in [4.78, 5) is 13.6. The Morgan fingerprint density at radius 2 is 1.57 bits per heavy atom. The smallest absolute Gasteiger partial charge is 0.247 e. The van der Waals surface area contributed by atoms with Gasteiger partial charge in [0.25, 0.3) is 0 Å². The van der Waals surface area contributed by atoms with E-state index in [-0.39, 0.29) is 18.2 Å². The summed E-state index contributed by atoms with van der Waals surface area (Å²) in [5.41, 5.74) is 2.14. The van der Waals surface area contributed by atoms with Crippen LogP contribution in [0.15, 0.2) is 54.6 Å². The van der Waals surface area contributed by atoms with E-state index >= 15 is 0 Å². The van der Waals surface area contributed by atoms with Crippen molar-refractivity contribution in [2.75, 3.05) is 28.6 Å². The minimum absolute atomic E-state index is 0.0255. The van der Waals surface area contributed by atoms with Crippen molar-refractivity contribution in [1.29, 1.82) is 0 Å². The Morgan fingerprint density at radius 1 is 0.957 bits per heavy atom. The van der Waals surface area contributed by atoms with Crippen LogP contribution in [0, 0.1) is 0 Å². The molecule has 0 unspecified atom stereocenters. The van der Waals surface area contributed by atoms with E-state index in [1.165, 1.54) is 9.21 Å². The summed E-state index contributed by atoms with van der Waals surface area (Å²) in [5.74, 6) is -0.255. The van der Waals surface area contributed by atoms with Gasteiger partial charge in [0.15, 0.2) is 0 Å². The monoisotopic (exact) mass is 330 g/mol. The van der Waals surface area contributed by atoms with Crippen LogP contribution in [0.5, 0.6) is 0 Å². The summed E-state index contributed by atoms with van der Waals surface area (Å²) in [6, 6.07) is 16.5. The van der Waals surface area contributed by atoms with Crippen LogP contribution in [0.25, 0.3) is 0 Å². The van der Waals surface area contributed by atoms with Gasteiger partial charge in [0.05, 0.1) is 17.1 Å². The molecule has 3 rings (SSSR count). The molecule has 0 atom stereocenters. The molecule has 2 aromatic carbocycles. The molecule has 0 saturated carbocycles. The van der Waals surface area contributed by atoms with Gasteiger partial charge in [-0.15, -0.1) is 0 Å². The number of likely N-dealkylation sites (N-methyl/N-ethyl adjacent to an activating group) is 1. The van der Waals surface area contributed by atoms with E-state index in [0.717, 1.165) is 5.56 Å². The molecule has 0 bridgehead atoms. The normalized spacial score (nSPS) is 14.7. The van der Waals surface area contributed by atoms with Gasteiger partial charge in [0, 0.05) is 7.05 Å². The predicted octanol–water partition coefficient (Wildman–Crippen LogP) is 2.04. The summed E-state index contributed by atoms with van der Waals surface area (Å²) in [6.07, 6.45) is 0.422. The van der Waals surface area contributed by atoms with Gasteiger partial charge in [-0.2, -0.15) is 0 Å². The molecule has 0 fully saturated rings. The summed E-state index contributed by atoms with van der Waals surface area (Å²) < 4.78 is 26.7. The summed E-state index contributed by atoms with van der Waals surface area (Å²) >= 11 is 0. The molecule has 1 amide bonds. The SMILES string of the molecule is CN1C(=O)CN(S(=O)(=O)CCc2ccccc2)c2ccccc21. The molecule has 6 heteroatoms. The summed E-state index contributed by atoms with van der Waals surface area (Å²) in [6.45, 7) is -0.148. The second-order valence-electron chi connectivity index (χ2n) is 5.50. The number of carbonyl (C=O) groups is 1. The summed E-state index contributed by atoms with van der Waals surface area (Å²) in [5, 5.41) is 0. The fourth-order valence-corrected chi connectivity index (χ4v) is 4.13. The maximum atomic E-state index is 12.7. The van der Waals surface area contributed by atoms with Gasteiger partial charge in [-0.25, -0.2) is 8.42 Å². The van der Waals surface area contributed by atoms with E-state index in [0.29, 0.717) is 17.8 Å². The van der Waals surface area contributed by atoms with Crippen molar-refractivity contribution < 1.29 is 13.2 Å². The number of carbonyl (C=O) groups excluding carboxylic acids is 1. The molecule has 0 saturated heterocycles. The first kappa shape index (κ1) is 15.6. The maximum absolute atomic E-state index is 12.7. The fraction of sp³-hybridized carbons (Fsp3) is 0.235. The molecule has 1 aliphatic rings. The molecule has 0 aromatic heterocycles. The zero-order chi connectivity index (χ0) is 16.4. The Morgan fingerprint density at radius 3 is 2.26 bits per heavy atom. The number of fused-ring (bicyclic) bond motifs is 1. The van der Waals surface area contributed by atoms with Crippen molar-refractivity contribution >= 4 is 27.3 Å². The Hall–Kier alpha value is -2.34. The second kappa shape index (κ2) is 6.04. The maximum Gasteiger partial charge on any atom is 0.247 e. The number of aryl methyl sites for hydroxylation is 1. The molecule has 0 N–H and O–H groups in total. The van der Waals surface area contributed by atoms with Gasteiger partial charge >= 0.3 is 0 Å². The van der Waals surface area contributed by atoms with Gasteiger partial charge in [0.1, 0.15) is 6.54 Å². The number of amides is 1. The number of sulfonamides is 1. The van der Waals surface area contributed by atoms with Crippen LogP contribution >= 0.6 is 0 Å². The molecule has 23 heavy (non-hydrogen) atoms. The van der Waals surface area contributed by atoms with Crippen LogP contribution in [-0.2, 0) is 21.2 Å². The highest BCUT2D eigenvalue weighted by molar-refractivity contribution is 7.92. The number of rotatable bonds is 4. The number of nitrogens with zero attached hydrogens (tertiary/aromatic N) is 2. The van der Waals surface area contributed by atoms with E-state index in [1.54, 1.807) is 31.3 Å². The van der Waals surface area contributed by atoms with Crippen LogP contribution in [0.2, 0.25) is 0 Å².